The first kappa shape index (κ1) is 18.8. The van der Waals surface area contributed by atoms with Crippen molar-refractivity contribution in [2.45, 2.75) is 12.5 Å². The van der Waals surface area contributed by atoms with Gasteiger partial charge in [0.2, 0.25) is 0 Å². The molecule has 0 spiro atoms. The number of para-hydroxylation sites is 2. The average Bonchev–Trinajstić information content (AvgIpc) is 3.26. The highest BCUT2D eigenvalue weighted by Gasteiger charge is 2.41. The number of carbonyl (C=O) groups is 1. The first-order valence-corrected chi connectivity index (χ1v) is 9.28. The highest BCUT2D eigenvalue weighted by molar-refractivity contribution is 6.27. The normalized spacial score (nSPS) is 16.7. The van der Waals surface area contributed by atoms with Crippen LogP contribution in [0.15, 0.2) is 48.3 Å². The Bertz CT molecular complexity index is 1050. The first-order valence-electron chi connectivity index (χ1n) is 9.28. The Hall–Kier alpha value is -3.52. The van der Waals surface area contributed by atoms with Gasteiger partial charge in [0.05, 0.1) is 30.9 Å². The highest BCUT2D eigenvalue weighted by atomic mass is 16.5. The molecule has 4 rings (SSSR count). The number of hydrogen-bond donors (Lipinski definition) is 3. The number of nitrogens with two attached hydrogens (primary N) is 2. The smallest absolute Gasteiger partial charge is 0.193 e. The molecular weight excluding hydrogens is 370 g/mol. The molecule has 150 valence electrons. The number of aromatic amines is 1. The molecule has 5 N–H and O–H groups in total. The van der Waals surface area contributed by atoms with Gasteiger partial charge in [-0.2, -0.15) is 0 Å². The monoisotopic (exact) mass is 393 g/mol. The minimum atomic E-state index is -0.528. The number of imidazole rings is 1. The van der Waals surface area contributed by atoms with E-state index in [1.54, 1.807) is 25.2 Å². The van der Waals surface area contributed by atoms with Gasteiger partial charge in [-0.3, -0.25) is 4.79 Å². The molecule has 1 atom stereocenters. The summed E-state index contributed by atoms with van der Waals surface area (Å²) in [5, 5.41) is 0. The van der Waals surface area contributed by atoms with E-state index < -0.39 is 6.04 Å². The van der Waals surface area contributed by atoms with E-state index in [9.17, 15) is 4.79 Å². The van der Waals surface area contributed by atoms with Crippen LogP contribution in [-0.2, 0) is 4.79 Å². The van der Waals surface area contributed by atoms with Crippen LogP contribution in [0.25, 0.3) is 16.6 Å². The van der Waals surface area contributed by atoms with Crippen LogP contribution in [0.5, 0.6) is 11.5 Å². The number of nitrogens with zero attached hydrogens (tertiary/aromatic N) is 2. The zero-order chi connectivity index (χ0) is 20.5. The minimum Gasteiger partial charge on any atom is -0.497 e. The summed E-state index contributed by atoms with van der Waals surface area (Å²) in [6.07, 6.45) is 0.447. The van der Waals surface area contributed by atoms with Crippen molar-refractivity contribution in [2.24, 2.45) is 11.5 Å². The van der Waals surface area contributed by atoms with Gasteiger partial charge in [-0.05, 0) is 25.1 Å². The topological polar surface area (TPSA) is 119 Å². The van der Waals surface area contributed by atoms with Gasteiger partial charge >= 0.3 is 0 Å². The Labute approximate surface area is 168 Å². The molecule has 0 saturated heterocycles. The fraction of sp³-hybridized carbons (Fsp3) is 0.238. The fourth-order valence-corrected chi connectivity index (χ4v) is 3.68. The van der Waals surface area contributed by atoms with Crippen molar-refractivity contribution in [1.82, 2.24) is 9.97 Å². The van der Waals surface area contributed by atoms with Gasteiger partial charge in [0, 0.05) is 18.2 Å². The van der Waals surface area contributed by atoms with Crippen molar-refractivity contribution in [3.8, 4) is 11.5 Å². The molecular formula is C21H23N5O3. The third-order valence-corrected chi connectivity index (χ3v) is 5.06. The lowest BCUT2D eigenvalue weighted by molar-refractivity contribution is -0.114. The second-order valence-corrected chi connectivity index (χ2v) is 6.76. The summed E-state index contributed by atoms with van der Waals surface area (Å²) < 4.78 is 10.7. The molecule has 0 amide bonds. The first-order chi connectivity index (χ1) is 14.1. The largest absolute Gasteiger partial charge is 0.497 e. The third-order valence-electron chi connectivity index (χ3n) is 5.06. The molecule has 2 aromatic carbocycles. The number of ketones is 1. The fourth-order valence-electron chi connectivity index (χ4n) is 3.68. The molecule has 1 unspecified atom stereocenters. The van der Waals surface area contributed by atoms with Gasteiger partial charge in [-0.15, -0.1) is 0 Å². The predicted octanol–water partition coefficient (Wildman–Crippen LogP) is 2.01. The Morgan fingerprint density at radius 1 is 1.14 bits per heavy atom. The van der Waals surface area contributed by atoms with E-state index in [0.717, 1.165) is 11.0 Å². The Balaban J connectivity index is 1.86. The number of nitrogens with one attached hydrogen (secondary N) is 1. The maximum atomic E-state index is 13.3. The molecule has 8 nitrogen and oxygen atoms in total. The molecule has 0 radical (unpaired) electrons. The number of Topliss-reactive ketones (excluding diaryl/α,β-unsaturated/α-hetero) is 1. The molecule has 1 aromatic heterocycles. The van der Waals surface area contributed by atoms with E-state index >= 15 is 0 Å². The maximum absolute atomic E-state index is 13.3. The van der Waals surface area contributed by atoms with Crippen molar-refractivity contribution in [3.05, 3.63) is 54.1 Å². The second kappa shape index (κ2) is 7.48. The van der Waals surface area contributed by atoms with Crippen LogP contribution in [0.2, 0.25) is 0 Å². The average molecular weight is 393 g/mol. The molecule has 0 aliphatic carbocycles. The van der Waals surface area contributed by atoms with Crippen LogP contribution >= 0.6 is 0 Å². The molecule has 0 fully saturated rings. The highest BCUT2D eigenvalue weighted by Crippen LogP contribution is 2.38. The van der Waals surface area contributed by atoms with Gasteiger partial charge in [0.1, 0.15) is 34.8 Å². The zero-order valence-corrected chi connectivity index (χ0v) is 16.3. The Kier molecular flexibility index (Phi) is 4.85. The summed E-state index contributed by atoms with van der Waals surface area (Å²) in [5.41, 5.74) is 15.0. The second-order valence-electron chi connectivity index (χ2n) is 6.76. The standard InChI is InChI=1S/C21H23N5O3/c1-28-13-9-12(10-14(11-13)29-2)26-17(7-8-22)19(27)18(20(26)23)21-24-15-5-3-4-6-16(15)25-21/h3-6,9-11,17H,7-8,22-23H2,1-2H3,(H,24,25). The maximum Gasteiger partial charge on any atom is 0.193 e. The lowest BCUT2D eigenvalue weighted by Crippen LogP contribution is -2.38. The van der Waals surface area contributed by atoms with E-state index in [1.807, 2.05) is 36.4 Å². The quantitative estimate of drug-likeness (QED) is 0.586. The Morgan fingerprint density at radius 3 is 2.45 bits per heavy atom. The van der Waals surface area contributed by atoms with Crippen LogP contribution in [-0.4, -0.2) is 42.6 Å². The molecule has 0 saturated carbocycles. The number of benzene rings is 2. The summed E-state index contributed by atoms with van der Waals surface area (Å²) in [6.45, 7) is 0.342. The summed E-state index contributed by atoms with van der Waals surface area (Å²) >= 11 is 0. The van der Waals surface area contributed by atoms with Crippen LogP contribution in [0.3, 0.4) is 0 Å². The summed E-state index contributed by atoms with van der Waals surface area (Å²) in [5.74, 6) is 1.86. The van der Waals surface area contributed by atoms with E-state index in [4.69, 9.17) is 20.9 Å². The van der Waals surface area contributed by atoms with Crippen LogP contribution in [0.4, 0.5) is 5.69 Å². The van der Waals surface area contributed by atoms with E-state index in [2.05, 4.69) is 9.97 Å². The summed E-state index contributed by atoms with van der Waals surface area (Å²) in [4.78, 5) is 22.9. The third kappa shape index (κ3) is 3.17. The van der Waals surface area contributed by atoms with Gasteiger partial charge < -0.3 is 30.8 Å². The molecule has 1 aliphatic heterocycles. The number of methoxy groups -OCH3 is 2. The van der Waals surface area contributed by atoms with Crippen molar-refractivity contribution in [1.29, 1.82) is 0 Å². The molecule has 0 bridgehead atoms. The molecule has 8 heteroatoms. The van der Waals surface area contributed by atoms with Gasteiger partial charge in [0.15, 0.2) is 5.78 Å². The van der Waals surface area contributed by atoms with E-state index in [1.165, 1.54) is 0 Å². The van der Waals surface area contributed by atoms with Crippen LogP contribution in [0.1, 0.15) is 12.2 Å². The summed E-state index contributed by atoms with van der Waals surface area (Å²) in [6, 6.07) is 12.5. The SMILES string of the molecule is COc1cc(OC)cc(N2C(N)=C(c3nc4ccccc4[nH]3)C(=O)C2CCN)c1. The lowest BCUT2D eigenvalue weighted by Gasteiger charge is -2.27. The van der Waals surface area contributed by atoms with Crippen molar-refractivity contribution in [2.75, 3.05) is 25.7 Å². The number of fused-ring (bicyclic) bond motifs is 1. The molecule has 29 heavy (non-hydrogen) atoms. The number of carbonyl (C=O) groups excluding carboxylic acids is 1. The minimum absolute atomic E-state index is 0.117. The van der Waals surface area contributed by atoms with E-state index in [0.29, 0.717) is 47.4 Å². The number of ether oxygens (including phenoxy) is 2. The molecule has 2 heterocycles. The van der Waals surface area contributed by atoms with Gasteiger partial charge in [-0.1, -0.05) is 12.1 Å². The molecule has 3 aromatic rings. The molecule has 1 aliphatic rings. The zero-order valence-electron chi connectivity index (χ0n) is 16.3. The van der Waals surface area contributed by atoms with Crippen LogP contribution < -0.4 is 25.8 Å². The predicted molar refractivity (Wildman–Crippen MR) is 112 cm³/mol. The number of H-pyrrole nitrogens is 1. The van der Waals surface area contributed by atoms with Gasteiger partial charge in [0.25, 0.3) is 0 Å². The number of rotatable bonds is 6. The lowest BCUT2D eigenvalue weighted by atomic mass is 10.0. The Morgan fingerprint density at radius 2 is 1.83 bits per heavy atom. The van der Waals surface area contributed by atoms with E-state index in [-0.39, 0.29) is 5.78 Å². The van der Waals surface area contributed by atoms with Crippen molar-refractivity contribution >= 4 is 28.1 Å². The van der Waals surface area contributed by atoms with Gasteiger partial charge in [-0.25, -0.2) is 4.98 Å². The number of anilines is 1. The van der Waals surface area contributed by atoms with Crippen molar-refractivity contribution in [3.63, 3.8) is 0 Å². The number of hydrogen-bond acceptors (Lipinski definition) is 7. The van der Waals surface area contributed by atoms with Crippen molar-refractivity contribution < 1.29 is 14.3 Å². The summed E-state index contributed by atoms with van der Waals surface area (Å²) in [7, 11) is 3.15. The van der Waals surface area contributed by atoms with Crippen LogP contribution in [0, 0.1) is 0 Å². The number of aromatic nitrogens is 2.